The first kappa shape index (κ1) is 20.6. The first-order valence-corrected chi connectivity index (χ1v) is 10.3. The Morgan fingerprint density at radius 3 is 2.52 bits per heavy atom. The van der Waals surface area contributed by atoms with Crippen molar-refractivity contribution in [2.75, 3.05) is 4.90 Å². The van der Waals surface area contributed by atoms with Gasteiger partial charge in [-0.1, -0.05) is 12.1 Å². The van der Waals surface area contributed by atoms with Crippen LogP contribution >= 0.6 is 0 Å². The predicted octanol–water partition coefficient (Wildman–Crippen LogP) is 4.77. The fourth-order valence-electron chi connectivity index (χ4n) is 4.24. The van der Waals surface area contributed by atoms with Crippen LogP contribution in [0.2, 0.25) is 0 Å². The summed E-state index contributed by atoms with van der Waals surface area (Å²) >= 11 is 0. The molecule has 2 aromatic carbocycles. The van der Waals surface area contributed by atoms with Crippen molar-refractivity contribution in [3.8, 4) is 0 Å². The normalized spacial score (nSPS) is 15.2. The van der Waals surface area contributed by atoms with Gasteiger partial charge in [0.2, 0.25) is 5.76 Å². The van der Waals surface area contributed by atoms with Crippen molar-refractivity contribution < 1.29 is 14.1 Å². The van der Waals surface area contributed by atoms with Gasteiger partial charge in [-0.3, -0.25) is 24.6 Å². The quantitative estimate of drug-likeness (QED) is 0.335. The highest BCUT2D eigenvalue weighted by molar-refractivity contribution is 6.10. The number of nitro groups is 1. The molecule has 3 heterocycles. The number of hydrogen-bond acceptors (Lipinski definition) is 6. The van der Waals surface area contributed by atoms with E-state index in [0.717, 1.165) is 16.7 Å². The maximum absolute atomic E-state index is 13.7. The summed E-state index contributed by atoms with van der Waals surface area (Å²) in [6.45, 7) is 5.66. The van der Waals surface area contributed by atoms with Crippen LogP contribution in [0.3, 0.4) is 0 Å². The lowest BCUT2D eigenvalue weighted by atomic mass is 9.97. The van der Waals surface area contributed by atoms with Gasteiger partial charge in [0.05, 0.1) is 21.9 Å². The zero-order valence-electron chi connectivity index (χ0n) is 18.2. The molecule has 8 heteroatoms. The monoisotopic (exact) mass is 441 g/mol. The summed E-state index contributed by atoms with van der Waals surface area (Å²) in [5.41, 5.74) is 3.15. The van der Waals surface area contributed by atoms with Gasteiger partial charge in [0.25, 0.3) is 11.6 Å². The van der Waals surface area contributed by atoms with Crippen LogP contribution in [0, 0.1) is 30.9 Å². The molecule has 4 aromatic rings. The molecule has 1 aliphatic rings. The molecule has 1 aliphatic heterocycles. The van der Waals surface area contributed by atoms with Gasteiger partial charge in [0.15, 0.2) is 5.43 Å². The average molecular weight is 441 g/mol. The standard InChI is InChI=1S/C25H19N3O5/c1-13-7-8-26-20(9-13)27-22(16-5-4-6-17(12-16)28(31)32)21-23(29)18-10-14(2)15(3)11-19(18)33-24(21)25(27)30/h4-12,22H,1-3H3/t22-/m1/s1. The predicted molar refractivity (Wildman–Crippen MR) is 123 cm³/mol. The maximum atomic E-state index is 13.7. The van der Waals surface area contributed by atoms with E-state index in [1.165, 1.54) is 23.1 Å². The molecule has 0 radical (unpaired) electrons. The highest BCUT2D eigenvalue weighted by Gasteiger charge is 2.44. The van der Waals surface area contributed by atoms with Crippen LogP contribution in [-0.2, 0) is 0 Å². The Kier molecular flexibility index (Phi) is 4.59. The average Bonchev–Trinajstić information content (AvgIpc) is 3.08. The minimum Gasteiger partial charge on any atom is -0.450 e. The second-order valence-electron chi connectivity index (χ2n) is 8.23. The molecule has 0 fully saturated rings. The first-order chi connectivity index (χ1) is 15.8. The van der Waals surface area contributed by atoms with E-state index >= 15 is 0 Å². The van der Waals surface area contributed by atoms with E-state index < -0.39 is 16.9 Å². The van der Waals surface area contributed by atoms with Crippen LogP contribution in [0.25, 0.3) is 11.0 Å². The second kappa shape index (κ2) is 7.37. The molecule has 0 unspecified atom stereocenters. The number of non-ortho nitro benzene ring substituents is 1. The third-order valence-electron chi connectivity index (χ3n) is 6.03. The SMILES string of the molecule is Cc1ccnc(N2C(=O)c3oc4cc(C)c(C)cc4c(=O)c3[C@H]2c2cccc([N+](=O)[O-])c2)c1. The number of fused-ring (bicyclic) bond motifs is 2. The summed E-state index contributed by atoms with van der Waals surface area (Å²) in [5.74, 6) is -0.258. The van der Waals surface area contributed by atoms with Gasteiger partial charge in [0.1, 0.15) is 11.4 Å². The molecule has 5 rings (SSSR count). The third-order valence-corrected chi connectivity index (χ3v) is 6.03. The summed E-state index contributed by atoms with van der Waals surface area (Å²) < 4.78 is 5.99. The molecule has 164 valence electrons. The van der Waals surface area contributed by atoms with Gasteiger partial charge in [0, 0.05) is 18.3 Å². The van der Waals surface area contributed by atoms with E-state index in [2.05, 4.69) is 4.98 Å². The smallest absolute Gasteiger partial charge is 0.296 e. The van der Waals surface area contributed by atoms with Gasteiger partial charge in [-0.15, -0.1) is 0 Å². The molecule has 1 amide bonds. The van der Waals surface area contributed by atoms with Crippen molar-refractivity contribution in [1.29, 1.82) is 0 Å². The Balaban J connectivity index is 1.84. The van der Waals surface area contributed by atoms with E-state index in [-0.39, 0.29) is 22.4 Å². The molecule has 33 heavy (non-hydrogen) atoms. The van der Waals surface area contributed by atoms with Crippen LogP contribution in [0.1, 0.15) is 44.4 Å². The number of rotatable bonds is 3. The molecule has 0 saturated carbocycles. The summed E-state index contributed by atoms with van der Waals surface area (Å²) in [5, 5.41) is 11.8. The second-order valence-corrected chi connectivity index (χ2v) is 8.23. The van der Waals surface area contributed by atoms with E-state index in [4.69, 9.17) is 4.42 Å². The number of amides is 1. The van der Waals surface area contributed by atoms with Crippen LogP contribution in [0.5, 0.6) is 0 Å². The van der Waals surface area contributed by atoms with Crippen molar-refractivity contribution in [2.45, 2.75) is 26.8 Å². The van der Waals surface area contributed by atoms with Crippen molar-refractivity contribution >= 4 is 28.4 Å². The zero-order valence-corrected chi connectivity index (χ0v) is 18.2. The Labute approximate surface area is 188 Å². The zero-order chi connectivity index (χ0) is 23.4. The number of aryl methyl sites for hydroxylation is 3. The molecule has 2 aromatic heterocycles. The van der Waals surface area contributed by atoms with Gasteiger partial charge in [-0.05, 0) is 67.3 Å². The molecule has 0 N–H and O–H groups in total. The van der Waals surface area contributed by atoms with Crippen LogP contribution in [-0.4, -0.2) is 15.8 Å². The minimum absolute atomic E-state index is 0.0736. The lowest BCUT2D eigenvalue weighted by Crippen LogP contribution is -2.30. The van der Waals surface area contributed by atoms with E-state index in [0.29, 0.717) is 22.4 Å². The van der Waals surface area contributed by atoms with Crippen molar-refractivity contribution in [3.05, 3.63) is 109 Å². The number of benzene rings is 2. The highest BCUT2D eigenvalue weighted by atomic mass is 16.6. The van der Waals surface area contributed by atoms with E-state index in [1.54, 1.807) is 36.5 Å². The summed E-state index contributed by atoms with van der Waals surface area (Å²) in [4.78, 5) is 43.9. The van der Waals surface area contributed by atoms with Crippen LogP contribution in [0.4, 0.5) is 11.5 Å². The van der Waals surface area contributed by atoms with Gasteiger partial charge < -0.3 is 4.42 Å². The Morgan fingerprint density at radius 1 is 1.03 bits per heavy atom. The van der Waals surface area contributed by atoms with Crippen molar-refractivity contribution in [1.82, 2.24) is 4.98 Å². The Hall–Kier alpha value is -4.33. The fraction of sp³-hybridized carbons (Fsp3) is 0.160. The molecule has 8 nitrogen and oxygen atoms in total. The van der Waals surface area contributed by atoms with Crippen LogP contribution < -0.4 is 10.3 Å². The fourth-order valence-corrected chi connectivity index (χ4v) is 4.24. The molecular weight excluding hydrogens is 422 g/mol. The number of aromatic nitrogens is 1. The molecule has 0 saturated heterocycles. The number of pyridine rings is 1. The first-order valence-electron chi connectivity index (χ1n) is 10.3. The maximum Gasteiger partial charge on any atom is 0.296 e. The third kappa shape index (κ3) is 3.18. The number of carbonyl (C=O) groups is 1. The molecular formula is C25H19N3O5. The van der Waals surface area contributed by atoms with E-state index in [9.17, 15) is 19.7 Å². The summed E-state index contributed by atoms with van der Waals surface area (Å²) in [6, 6.07) is 12.0. The molecule has 0 spiro atoms. The lowest BCUT2D eigenvalue weighted by molar-refractivity contribution is -0.384. The van der Waals surface area contributed by atoms with Gasteiger partial charge in [-0.25, -0.2) is 4.98 Å². The number of nitro benzene ring substituents is 1. The van der Waals surface area contributed by atoms with Gasteiger partial charge in [-0.2, -0.15) is 0 Å². The van der Waals surface area contributed by atoms with Crippen molar-refractivity contribution in [3.63, 3.8) is 0 Å². The van der Waals surface area contributed by atoms with Crippen LogP contribution in [0.15, 0.2) is 63.9 Å². The Morgan fingerprint density at radius 2 is 1.79 bits per heavy atom. The van der Waals surface area contributed by atoms with Crippen molar-refractivity contribution in [2.24, 2.45) is 0 Å². The van der Waals surface area contributed by atoms with E-state index in [1.807, 2.05) is 20.8 Å². The molecule has 0 bridgehead atoms. The highest BCUT2D eigenvalue weighted by Crippen LogP contribution is 2.41. The topological polar surface area (TPSA) is 107 Å². The summed E-state index contributed by atoms with van der Waals surface area (Å²) in [7, 11) is 0. The number of anilines is 1. The lowest BCUT2D eigenvalue weighted by Gasteiger charge is -2.24. The number of nitrogens with zero attached hydrogens (tertiary/aromatic N) is 3. The minimum atomic E-state index is -0.913. The van der Waals surface area contributed by atoms with Gasteiger partial charge >= 0.3 is 0 Å². The molecule has 0 aliphatic carbocycles. The largest absolute Gasteiger partial charge is 0.450 e. The Bertz CT molecular complexity index is 1540. The molecule has 1 atom stereocenters. The summed E-state index contributed by atoms with van der Waals surface area (Å²) in [6.07, 6.45) is 1.57. The number of carbonyl (C=O) groups excluding carboxylic acids is 1. The number of hydrogen-bond donors (Lipinski definition) is 0.